The maximum atomic E-state index is 13.3. The molecule has 0 aromatic heterocycles. The Balaban J connectivity index is 1.86. The number of oxime groups is 1. The standard InChI is InChI=1S/C19H26FN3O4/c1-4-26-19(25)22-15(8-12(2)3)11-21-18(24)17-10-16(23-27-17)13-6-5-7-14(20)9-13/h5-7,9,12,15,17H,4,8,10-11H2,1-3H3,(H,21,24)(H,22,25). The van der Waals surface area contributed by atoms with E-state index in [0.717, 1.165) is 0 Å². The largest absolute Gasteiger partial charge is 0.450 e. The highest BCUT2D eigenvalue weighted by Crippen LogP contribution is 2.17. The van der Waals surface area contributed by atoms with E-state index in [1.807, 2.05) is 13.8 Å². The Labute approximate surface area is 158 Å². The topological polar surface area (TPSA) is 89.0 Å². The number of amides is 2. The van der Waals surface area contributed by atoms with Crippen LogP contribution in [0.15, 0.2) is 29.4 Å². The summed E-state index contributed by atoms with van der Waals surface area (Å²) < 4.78 is 18.2. The lowest BCUT2D eigenvalue weighted by Crippen LogP contribution is -2.46. The van der Waals surface area contributed by atoms with Gasteiger partial charge in [0.05, 0.1) is 12.3 Å². The molecule has 0 fully saturated rings. The maximum Gasteiger partial charge on any atom is 0.407 e. The second kappa shape index (κ2) is 9.89. The van der Waals surface area contributed by atoms with E-state index in [9.17, 15) is 14.0 Å². The number of halogens is 1. The highest BCUT2D eigenvalue weighted by atomic mass is 19.1. The molecule has 0 radical (unpaired) electrons. The third-order valence-electron chi connectivity index (χ3n) is 4.00. The van der Waals surface area contributed by atoms with Crippen LogP contribution in [0.5, 0.6) is 0 Å². The molecular weight excluding hydrogens is 353 g/mol. The van der Waals surface area contributed by atoms with Gasteiger partial charge in [-0.15, -0.1) is 0 Å². The number of rotatable bonds is 8. The Morgan fingerprint density at radius 2 is 2.19 bits per heavy atom. The number of nitrogens with one attached hydrogen (secondary N) is 2. The predicted octanol–water partition coefficient (Wildman–Crippen LogP) is 2.60. The average molecular weight is 379 g/mol. The lowest BCUT2D eigenvalue weighted by Gasteiger charge is -2.21. The van der Waals surface area contributed by atoms with Crippen molar-refractivity contribution in [3.63, 3.8) is 0 Å². The van der Waals surface area contributed by atoms with Gasteiger partial charge < -0.3 is 20.2 Å². The van der Waals surface area contributed by atoms with Crippen LogP contribution < -0.4 is 10.6 Å². The number of hydrogen-bond donors (Lipinski definition) is 2. The molecule has 27 heavy (non-hydrogen) atoms. The third-order valence-corrected chi connectivity index (χ3v) is 4.00. The summed E-state index contributed by atoms with van der Waals surface area (Å²) in [5.74, 6) is -0.367. The van der Waals surface area contributed by atoms with Gasteiger partial charge in [0.2, 0.25) is 6.10 Å². The number of benzene rings is 1. The van der Waals surface area contributed by atoms with E-state index in [2.05, 4.69) is 15.8 Å². The Kier molecular flexibility index (Phi) is 7.57. The summed E-state index contributed by atoms with van der Waals surface area (Å²) in [5.41, 5.74) is 1.12. The molecule has 0 spiro atoms. The molecule has 1 aliphatic heterocycles. The van der Waals surface area contributed by atoms with Gasteiger partial charge in [0, 0.05) is 24.6 Å². The highest BCUT2D eigenvalue weighted by Gasteiger charge is 2.29. The van der Waals surface area contributed by atoms with Gasteiger partial charge in [-0.25, -0.2) is 9.18 Å². The lowest BCUT2D eigenvalue weighted by molar-refractivity contribution is -0.131. The zero-order valence-corrected chi connectivity index (χ0v) is 15.8. The first-order chi connectivity index (χ1) is 12.9. The zero-order chi connectivity index (χ0) is 19.8. The van der Waals surface area contributed by atoms with Crippen molar-refractivity contribution in [1.82, 2.24) is 10.6 Å². The van der Waals surface area contributed by atoms with Crippen LogP contribution in [0.1, 0.15) is 39.2 Å². The molecule has 148 valence electrons. The SMILES string of the molecule is CCOC(=O)NC(CNC(=O)C1CC(c2cccc(F)c2)=NO1)CC(C)C. The van der Waals surface area contributed by atoms with Crippen molar-refractivity contribution < 1.29 is 23.6 Å². The lowest BCUT2D eigenvalue weighted by atomic mass is 10.0. The number of hydrogen-bond acceptors (Lipinski definition) is 5. The van der Waals surface area contributed by atoms with Crippen LogP contribution in [0.3, 0.4) is 0 Å². The number of ether oxygens (including phenoxy) is 1. The summed E-state index contributed by atoms with van der Waals surface area (Å²) in [6.07, 6.45) is -0.331. The van der Waals surface area contributed by atoms with Gasteiger partial charge in [-0.2, -0.15) is 0 Å². The van der Waals surface area contributed by atoms with Crippen LogP contribution >= 0.6 is 0 Å². The molecule has 1 aliphatic rings. The van der Waals surface area contributed by atoms with Crippen LogP contribution in [0.25, 0.3) is 0 Å². The van der Waals surface area contributed by atoms with E-state index in [1.165, 1.54) is 12.1 Å². The highest BCUT2D eigenvalue weighted by molar-refractivity contribution is 6.04. The first-order valence-corrected chi connectivity index (χ1v) is 9.08. The molecule has 1 heterocycles. The normalized spacial score (nSPS) is 17.1. The minimum Gasteiger partial charge on any atom is -0.450 e. The number of alkyl carbamates (subject to hydrolysis) is 1. The Morgan fingerprint density at radius 3 is 2.85 bits per heavy atom. The third kappa shape index (κ3) is 6.54. The Hall–Kier alpha value is -2.64. The molecule has 1 aromatic rings. The Bertz CT molecular complexity index is 693. The summed E-state index contributed by atoms with van der Waals surface area (Å²) in [5, 5.41) is 9.43. The number of carbonyl (C=O) groups excluding carboxylic acids is 2. The second-order valence-corrected chi connectivity index (χ2v) is 6.78. The minimum absolute atomic E-state index is 0.252. The maximum absolute atomic E-state index is 13.3. The average Bonchev–Trinajstić information content (AvgIpc) is 3.09. The first kappa shape index (κ1) is 20.7. The molecular formula is C19H26FN3O4. The smallest absolute Gasteiger partial charge is 0.407 e. The molecule has 0 bridgehead atoms. The van der Waals surface area contributed by atoms with Gasteiger partial charge >= 0.3 is 6.09 Å². The van der Waals surface area contributed by atoms with Crippen molar-refractivity contribution in [2.45, 2.75) is 45.8 Å². The van der Waals surface area contributed by atoms with Gasteiger partial charge in [0.25, 0.3) is 5.91 Å². The zero-order valence-electron chi connectivity index (χ0n) is 15.8. The predicted molar refractivity (Wildman–Crippen MR) is 98.8 cm³/mol. The second-order valence-electron chi connectivity index (χ2n) is 6.78. The van der Waals surface area contributed by atoms with Gasteiger partial charge in [0.15, 0.2) is 0 Å². The van der Waals surface area contributed by atoms with Gasteiger partial charge in [0.1, 0.15) is 5.82 Å². The Morgan fingerprint density at radius 1 is 1.41 bits per heavy atom. The molecule has 1 aromatic carbocycles. The fraction of sp³-hybridized carbons (Fsp3) is 0.526. The van der Waals surface area contributed by atoms with E-state index in [1.54, 1.807) is 19.1 Å². The summed E-state index contributed by atoms with van der Waals surface area (Å²) in [6, 6.07) is 5.74. The van der Waals surface area contributed by atoms with Crippen LogP contribution in [0, 0.1) is 11.7 Å². The van der Waals surface area contributed by atoms with E-state index >= 15 is 0 Å². The van der Waals surface area contributed by atoms with E-state index in [0.29, 0.717) is 23.6 Å². The summed E-state index contributed by atoms with van der Waals surface area (Å²) in [7, 11) is 0. The summed E-state index contributed by atoms with van der Waals surface area (Å²) >= 11 is 0. The molecule has 2 unspecified atom stereocenters. The van der Waals surface area contributed by atoms with E-state index < -0.39 is 12.2 Å². The molecule has 2 rings (SSSR count). The van der Waals surface area contributed by atoms with Crippen LogP contribution in [-0.4, -0.2) is 43.0 Å². The van der Waals surface area contributed by atoms with Crippen LogP contribution in [0.2, 0.25) is 0 Å². The van der Waals surface area contributed by atoms with E-state index in [-0.39, 0.29) is 37.3 Å². The molecule has 8 heteroatoms. The molecule has 7 nitrogen and oxygen atoms in total. The van der Waals surface area contributed by atoms with Crippen molar-refractivity contribution in [3.8, 4) is 0 Å². The summed E-state index contributed by atoms with van der Waals surface area (Å²) in [4.78, 5) is 29.2. The fourth-order valence-corrected chi connectivity index (χ4v) is 2.80. The molecule has 0 aliphatic carbocycles. The molecule has 0 saturated carbocycles. The van der Waals surface area contributed by atoms with E-state index in [4.69, 9.17) is 9.57 Å². The molecule has 0 saturated heterocycles. The fourth-order valence-electron chi connectivity index (χ4n) is 2.80. The van der Waals surface area contributed by atoms with Crippen LogP contribution in [-0.2, 0) is 14.4 Å². The van der Waals surface area contributed by atoms with Gasteiger partial charge in [-0.3, -0.25) is 4.79 Å². The molecule has 2 amide bonds. The molecule has 2 N–H and O–H groups in total. The number of carbonyl (C=O) groups is 2. The molecule has 2 atom stereocenters. The van der Waals surface area contributed by atoms with Gasteiger partial charge in [-0.05, 0) is 31.4 Å². The van der Waals surface area contributed by atoms with Crippen molar-refractivity contribution in [2.75, 3.05) is 13.2 Å². The van der Waals surface area contributed by atoms with Crippen molar-refractivity contribution in [2.24, 2.45) is 11.1 Å². The monoisotopic (exact) mass is 379 g/mol. The van der Waals surface area contributed by atoms with Crippen molar-refractivity contribution in [1.29, 1.82) is 0 Å². The quantitative estimate of drug-likeness (QED) is 0.727. The van der Waals surface area contributed by atoms with Crippen LogP contribution in [0.4, 0.5) is 9.18 Å². The number of nitrogens with zero attached hydrogens (tertiary/aromatic N) is 1. The van der Waals surface area contributed by atoms with Crippen molar-refractivity contribution in [3.05, 3.63) is 35.6 Å². The van der Waals surface area contributed by atoms with Crippen molar-refractivity contribution >= 4 is 17.7 Å². The summed E-state index contributed by atoms with van der Waals surface area (Å²) in [6.45, 7) is 6.32. The van der Waals surface area contributed by atoms with Gasteiger partial charge in [-0.1, -0.05) is 31.1 Å². The minimum atomic E-state index is -0.773. The first-order valence-electron chi connectivity index (χ1n) is 9.08.